The standard InChI is InChI=1S/C25H33ClN2O2/c1-2-17-30-24-14-6-4-9-20(24)11-7-15-27-25(29)22-12-8-16-28(19-22)18-21-10-3-5-13-23(21)26/h3-6,9-10,13-14,22H,2,7-8,11-12,15-19H2,1H3,(H,27,29). The second kappa shape index (κ2) is 12.0. The van der Waals surface area contributed by atoms with Gasteiger partial charge in [0.2, 0.25) is 5.91 Å². The summed E-state index contributed by atoms with van der Waals surface area (Å²) in [4.78, 5) is 15.0. The Morgan fingerprint density at radius 1 is 1.17 bits per heavy atom. The lowest BCUT2D eigenvalue weighted by molar-refractivity contribution is -0.126. The maximum absolute atomic E-state index is 12.7. The molecule has 162 valence electrons. The third-order valence-corrected chi connectivity index (χ3v) is 5.95. The largest absolute Gasteiger partial charge is 0.493 e. The summed E-state index contributed by atoms with van der Waals surface area (Å²) in [5, 5.41) is 3.95. The monoisotopic (exact) mass is 428 g/mol. The molecular formula is C25H33ClN2O2. The summed E-state index contributed by atoms with van der Waals surface area (Å²) in [5.41, 5.74) is 2.34. The highest BCUT2D eigenvalue weighted by Gasteiger charge is 2.25. The number of halogens is 1. The smallest absolute Gasteiger partial charge is 0.224 e. The molecular weight excluding hydrogens is 396 g/mol. The van der Waals surface area contributed by atoms with Crippen LogP contribution in [-0.2, 0) is 17.8 Å². The topological polar surface area (TPSA) is 41.6 Å². The fraction of sp³-hybridized carbons (Fsp3) is 0.480. The van der Waals surface area contributed by atoms with Gasteiger partial charge in [-0.05, 0) is 61.9 Å². The number of piperidine rings is 1. The van der Waals surface area contributed by atoms with E-state index in [4.69, 9.17) is 16.3 Å². The highest BCUT2D eigenvalue weighted by atomic mass is 35.5. The van der Waals surface area contributed by atoms with Gasteiger partial charge >= 0.3 is 0 Å². The molecule has 1 amide bonds. The molecule has 1 N–H and O–H groups in total. The van der Waals surface area contributed by atoms with Gasteiger partial charge in [0.05, 0.1) is 12.5 Å². The average Bonchev–Trinajstić information content (AvgIpc) is 2.77. The summed E-state index contributed by atoms with van der Waals surface area (Å²) in [6, 6.07) is 16.1. The number of carbonyl (C=O) groups is 1. The minimum Gasteiger partial charge on any atom is -0.493 e. The number of para-hydroxylation sites is 1. The molecule has 4 nitrogen and oxygen atoms in total. The van der Waals surface area contributed by atoms with Crippen molar-refractivity contribution in [3.05, 3.63) is 64.7 Å². The highest BCUT2D eigenvalue weighted by molar-refractivity contribution is 6.31. The average molecular weight is 429 g/mol. The van der Waals surface area contributed by atoms with Crippen molar-refractivity contribution >= 4 is 17.5 Å². The van der Waals surface area contributed by atoms with Crippen LogP contribution in [0.3, 0.4) is 0 Å². The minimum absolute atomic E-state index is 0.0569. The van der Waals surface area contributed by atoms with Crippen molar-refractivity contribution in [1.29, 1.82) is 0 Å². The van der Waals surface area contributed by atoms with Crippen molar-refractivity contribution in [3.63, 3.8) is 0 Å². The van der Waals surface area contributed by atoms with E-state index in [1.807, 2.05) is 36.4 Å². The molecule has 2 aromatic rings. The second-order valence-electron chi connectivity index (χ2n) is 8.02. The van der Waals surface area contributed by atoms with Crippen molar-refractivity contribution in [2.24, 2.45) is 5.92 Å². The zero-order valence-corrected chi connectivity index (χ0v) is 18.7. The van der Waals surface area contributed by atoms with Crippen molar-refractivity contribution in [1.82, 2.24) is 10.2 Å². The van der Waals surface area contributed by atoms with E-state index in [0.717, 1.165) is 74.7 Å². The van der Waals surface area contributed by atoms with E-state index >= 15 is 0 Å². The molecule has 0 radical (unpaired) electrons. The third kappa shape index (κ3) is 6.75. The van der Waals surface area contributed by atoms with Crippen molar-refractivity contribution in [2.45, 2.75) is 45.6 Å². The maximum atomic E-state index is 12.7. The first kappa shape index (κ1) is 22.6. The molecule has 2 aromatic carbocycles. The number of benzene rings is 2. The van der Waals surface area contributed by atoms with Crippen LogP contribution < -0.4 is 10.1 Å². The van der Waals surface area contributed by atoms with Gasteiger partial charge in [0.15, 0.2) is 0 Å². The van der Waals surface area contributed by atoms with E-state index in [9.17, 15) is 4.79 Å². The SMILES string of the molecule is CCCOc1ccccc1CCCNC(=O)C1CCCN(Cc2ccccc2Cl)C1. The number of hydrogen-bond acceptors (Lipinski definition) is 3. The van der Waals surface area contributed by atoms with Crippen molar-refractivity contribution in [2.75, 3.05) is 26.2 Å². The molecule has 1 aliphatic rings. The first-order valence-corrected chi connectivity index (χ1v) is 11.5. The minimum atomic E-state index is 0.0569. The van der Waals surface area contributed by atoms with Gasteiger partial charge in [0.25, 0.3) is 0 Å². The Balaban J connectivity index is 1.42. The molecule has 0 aliphatic carbocycles. The molecule has 0 saturated carbocycles. The Kier molecular flexibility index (Phi) is 9.03. The predicted octanol–water partition coefficient (Wildman–Crippen LogP) is 5.09. The summed E-state index contributed by atoms with van der Waals surface area (Å²) in [6.45, 7) is 6.16. The van der Waals surface area contributed by atoms with E-state index in [0.29, 0.717) is 6.54 Å². The number of hydrogen-bond donors (Lipinski definition) is 1. The van der Waals surface area contributed by atoms with Gasteiger partial charge in [-0.2, -0.15) is 0 Å². The van der Waals surface area contributed by atoms with Gasteiger partial charge < -0.3 is 10.1 Å². The van der Waals surface area contributed by atoms with E-state index in [1.54, 1.807) is 0 Å². The maximum Gasteiger partial charge on any atom is 0.224 e. The summed E-state index contributed by atoms with van der Waals surface area (Å²) >= 11 is 6.30. The van der Waals surface area contributed by atoms with E-state index in [-0.39, 0.29) is 11.8 Å². The lowest BCUT2D eigenvalue weighted by Gasteiger charge is -2.32. The molecule has 5 heteroatoms. The molecule has 1 unspecified atom stereocenters. The first-order chi connectivity index (χ1) is 14.7. The lowest BCUT2D eigenvalue weighted by Crippen LogP contribution is -2.43. The number of ether oxygens (including phenoxy) is 1. The fourth-order valence-electron chi connectivity index (χ4n) is 3.98. The van der Waals surface area contributed by atoms with Gasteiger partial charge in [-0.15, -0.1) is 0 Å². The number of rotatable bonds is 10. The molecule has 1 fully saturated rings. The number of aryl methyl sites for hydroxylation is 1. The molecule has 0 spiro atoms. The quantitative estimate of drug-likeness (QED) is 0.536. The van der Waals surface area contributed by atoms with E-state index in [1.165, 1.54) is 5.56 Å². The first-order valence-electron chi connectivity index (χ1n) is 11.1. The van der Waals surface area contributed by atoms with Crippen LogP contribution in [0.25, 0.3) is 0 Å². The van der Waals surface area contributed by atoms with Crippen LogP contribution in [0.2, 0.25) is 5.02 Å². The van der Waals surface area contributed by atoms with Gasteiger partial charge in [0.1, 0.15) is 5.75 Å². The van der Waals surface area contributed by atoms with Crippen LogP contribution in [0.15, 0.2) is 48.5 Å². The van der Waals surface area contributed by atoms with Crippen LogP contribution in [0.1, 0.15) is 43.7 Å². The third-order valence-electron chi connectivity index (χ3n) is 5.58. The van der Waals surface area contributed by atoms with Crippen molar-refractivity contribution in [3.8, 4) is 5.75 Å². The predicted molar refractivity (Wildman–Crippen MR) is 123 cm³/mol. The Morgan fingerprint density at radius 2 is 1.93 bits per heavy atom. The Labute approximate surface area is 185 Å². The van der Waals surface area contributed by atoms with Crippen LogP contribution >= 0.6 is 11.6 Å². The van der Waals surface area contributed by atoms with Gasteiger partial charge in [-0.1, -0.05) is 54.9 Å². The molecule has 0 aromatic heterocycles. The van der Waals surface area contributed by atoms with Crippen LogP contribution in [0, 0.1) is 5.92 Å². The second-order valence-corrected chi connectivity index (χ2v) is 8.42. The molecule has 1 saturated heterocycles. The number of likely N-dealkylation sites (tertiary alicyclic amines) is 1. The molecule has 3 rings (SSSR count). The Morgan fingerprint density at radius 3 is 2.73 bits per heavy atom. The summed E-state index contributed by atoms with van der Waals surface area (Å²) in [7, 11) is 0. The molecule has 1 atom stereocenters. The molecule has 1 heterocycles. The lowest BCUT2D eigenvalue weighted by atomic mass is 9.96. The summed E-state index contributed by atoms with van der Waals surface area (Å²) in [6.07, 6.45) is 4.82. The zero-order valence-electron chi connectivity index (χ0n) is 17.9. The molecule has 0 bridgehead atoms. The molecule has 1 aliphatic heterocycles. The normalized spacial score (nSPS) is 16.9. The fourth-order valence-corrected chi connectivity index (χ4v) is 4.17. The van der Waals surface area contributed by atoms with Gasteiger partial charge in [-0.25, -0.2) is 0 Å². The number of nitrogens with zero attached hydrogens (tertiary/aromatic N) is 1. The van der Waals surface area contributed by atoms with Crippen LogP contribution in [0.4, 0.5) is 0 Å². The summed E-state index contributed by atoms with van der Waals surface area (Å²) < 4.78 is 5.83. The van der Waals surface area contributed by atoms with Crippen LogP contribution in [-0.4, -0.2) is 37.0 Å². The highest BCUT2D eigenvalue weighted by Crippen LogP contribution is 2.23. The number of nitrogens with one attached hydrogen (secondary N) is 1. The Hall–Kier alpha value is -2.04. The number of amides is 1. The zero-order chi connectivity index (χ0) is 21.2. The molecule has 30 heavy (non-hydrogen) atoms. The van der Waals surface area contributed by atoms with Crippen molar-refractivity contribution < 1.29 is 9.53 Å². The van der Waals surface area contributed by atoms with Gasteiger partial charge in [-0.3, -0.25) is 9.69 Å². The van der Waals surface area contributed by atoms with Gasteiger partial charge in [0, 0.05) is 24.7 Å². The van der Waals surface area contributed by atoms with Crippen LogP contribution in [0.5, 0.6) is 5.75 Å². The summed E-state index contributed by atoms with van der Waals surface area (Å²) in [5.74, 6) is 1.20. The number of carbonyl (C=O) groups excluding carboxylic acids is 1. The van der Waals surface area contributed by atoms with E-state index < -0.39 is 0 Å². The van der Waals surface area contributed by atoms with E-state index in [2.05, 4.69) is 29.3 Å². The Bertz CT molecular complexity index is 811.